The Morgan fingerprint density at radius 3 is 2.15 bits per heavy atom. The van der Waals surface area contributed by atoms with Crippen LogP contribution in [0.3, 0.4) is 0 Å². The van der Waals surface area contributed by atoms with E-state index in [4.69, 9.17) is 9.51 Å². The molecule has 0 saturated carbocycles. The molecule has 0 bridgehead atoms. The number of hydrogen-bond acceptors (Lipinski definition) is 5. The number of hydrogen-bond donors (Lipinski definition) is 2. The number of pyridine rings is 1. The number of aliphatic hydroxyl groups is 1. The van der Waals surface area contributed by atoms with Gasteiger partial charge in [-0.05, 0) is 52.8 Å². The van der Waals surface area contributed by atoms with Crippen molar-refractivity contribution in [2.24, 2.45) is 0 Å². The first-order chi connectivity index (χ1) is 15.1. The molecule has 2 aromatic rings. The van der Waals surface area contributed by atoms with Crippen molar-refractivity contribution in [1.82, 2.24) is 4.98 Å². The summed E-state index contributed by atoms with van der Waals surface area (Å²) < 4.78 is 31.6. The van der Waals surface area contributed by atoms with Gasteiger partial charge in [0, 0.05) is 16.7 Å². The maximum Gasteiger partial charge on any atom is 0.534 e. The summed E-state index contributed by atoms with van der Waals surface area (Å²) in [7, 11) is -1.82. The summed E-state index contributed by atoms with van der Waals surface area (Å²) in [6.07, 6.45) is 0.952. The normalized spacial score (nSPS) is 16.1. The number of carboxylic acid groups (broad SMARTS) is 1. The lowest BCUT2D eigenvalue weighted by atomic mass is 9.75. The lowest BCUT2D eigenvalue weighted by molar-refractivity contribution is -0.146. The van der Waals surface area contributed by atoms with Gasteiger partial charge in [-0.15, -0.1) is 4.52 Å². The first-order valence-electron chi connectivity index (χ1n) is 10.6. The predicted molar refractivity (Wildman–Crippen MR) is 127 cm³/mol. The fourth-order valence-corrected chi connectivity index (χ4v) is 4.96. The van der Waals surface area contributed by atoms with E-state index in [1.807, 2.05) is 34.6 Å². The van der Waals surface area contributed by atoms with E-state index in [2.05, 4.69) is 6.58 Å². The number of aliphatic carboxylic acids is 1. The number of nitrogens with zero attached hydrogens (tertiary/aromatic N) is 1. The highest BCUT2D eigenvalue weighted by Gasteiger charge is 2.69. The minimum atomic E-state index is -2.93. The van der Waals surface area contributed by atoms with Crippen molar-refractivity contribution in [2.45, 2.75) is 63.6 Å². The third-order valence-electron chi connectivity index (χ3n) is 5.82. The molecule has 0 aliphatic heterocycles. The van der Waals surface area contributed by atoms with Crippen LogP contribution in [0, 0.1) is 5.82 Å². The first kappa shape index (κ1) is 26.8. The Labute approximate surface area is 195 Å². The van der Waals surface area contributed by atoms with E-state index in [9.17, 15) is 24.0 Å². The summed E-state index contributed by atoms with van der Waals surface area (Å²) in [6.45, 7) is 14.6. The van der Waals surface area contributed by atoms with Gasteiger partial charge < -0.3 is 10.2 Å². The van der Waals surface area contributed by atoms with Gasteiger partial charge in [-0.25, -0.2) is 9.18 Å². The number of benzene rings is 1. The van der Waals surface area contributed by atoms with E-state index < -0.39 is 30.6 Å². The maximum atomic E-state index is 13.7. The zero-order chi connectivity index (χ0) is 25.4. The summed E-state index contributed by atoms with van der Waals surface area (Å²) in [5.74, 6) is -2.22. The van der Waals surface area contributed by atoms with Crippen LogP contribution in [0.1, 0.15) is 64.4 Å². The van der Waals surface area contributed by atoms with Crippen LogP contribution in [0.25, 0.3) is 11.1 Å². The number of carbonyl (C=O) groups is 1. The van der Waals surface area contributed by atoms with Crippen LogP contribution in [-0.4, -0.2) is 33.4 Å². The molecule has 0 saturated heterocycles. The van der Waals surface area contributed by atoms with E-state index >= 15 is 0 Å². The van der Waals surface area contributed by atoms with Crippen molar-refractivity contribution in [2.75, 3.05) is 7.11 Å². The predicted octanol–water partition coefficient (Wildman–Crippen LogP) is 5.91. The van der Waals surface area contributed by atoms with Gasteiger partial charge in [0.25, 0.3) is 0 Å². The fraction of sp³-hybridized carbons (Fsp3) is 0.440. The third kappa shape index (κ3) is 4.63. The quantitative estimate of drug-likeness (QED) is 0.363. The van der Waals surface area contributed by atoms with Crippen LogP contribution in [-0.2, 0) is 24.9 Å². The van der Waals surface area contributed by atoms with Crippen LogP contribution < -0.4 is 0 Å². The monoisotopic (exact) mass is 476 g/mol. The van der Waals surface area contributed by atoms with Crippen LogP contribution in [0.5, 0.6) is 0 Å². The van der Waals surface area contributed by atoms with Crippen molar-refractivity contribution < 1.29 is 28.5 Å². The van der Waals surface area contributed by atoms with Gasteiger partial charge in [-0.1, -0.05) is 53.3 Å². The van der Waals surface area contributed by atoms with Crippen molar-refractivity contribution in [3.05, 3.63) is 65.8 Å². The average Bonchev–Trinajstić information content (AvgIpc) is 2.72. The molecule has 3 atom stereocenters. The molecule has 2 N–H and O–H groups in total. The van der Waals surface area contributed by atoms with Crippen molar-refractivity contribution in [3.63, 3.8) is 0 Å². The van der Waals surface area contributed by atoms with E-state index in [1.165, 1.54) is 19.1 Å². The molecular formula is C25H32FNO5P+. The van der Waals surface area contributed by atoms with Gasteiger partial charge in [0.1, 0.15) is 5.82 Å². The molecular weight excluding hydrogens is 444 g/mol. The molecule has 1 aromatic carbocycles. The second-order valence-corrected chi connectivity index (χ2v) is 11.1. The van der Waals surface area contributed by atoms with E-state index in [-0.39, 0.29) is 16.9 Å². The van der Waals surface area contributed by atoms with E-state index in [1.54, 1.807) is 18.2 Å². The molecule has 0 amide bonds. The van der Waals surface area contributed by atoms with Crippen LogP contribution >= 0.6 is 8.03 Å². The highest BCUT2D eigenvalue weighted by molar-refractivity contribution is 7.43. The topological polar surface area (TPSA) is 96.7 Å². The molecule has 1 heterocycles. The van der Waals surface area contributed by atoms with Gasteiger partial charge in [-0.2, -0.15) is 0 Å². The van der Waals surface area contributed by atoms with Crippen molar-refractivity contribution in [1.29, 1.82) is 0 Å². The Kier molecular flexibility index (Phi) is 7.64. The summed E-state index contributed by atoms with van der Waals surface area (Å²) in [6, 6.07) is 7.43. The second-order valence-electron chi connectivity index (χ2n) is 9.51. The minimum Gasteiger partial charge on any atom is -0.477 e. The van der Waals surface area contributed by atoms with Gasteiger partial charge in [0.15, 0.2) is 5.60 Å². The Morgan fingerprint density at radius 2 is 1.76 bits per heavy atom. The number of rotatable bonds is 8. The van der Waals surface area contributed by atoms with Gasteiger partial charge >= 0.3 is 19.2 Å². The molecule has 2 rings (SSSR count). The lowest BCUT2D eigenvalue weighted by Crippen LogP contribution is -2.52. The van der Waals surface area contributed by atoms with Crippen LogP contribution in [0.15, 0.2) is 43.0 Å². The molecule has 0 spiro atoms. The molecule has 33 heavy (non-hydrogen) atoms. The smallest absolute Gasteiger partial charge is 0.477 e. The van der Waals surface area contributed by atoms with Crippen LogP contribution in [0.2, 0.25) is 0 Å². The molecule has 8 heteroatoms. The number of halogens is 1. The zero-order valence-electron chi connectivity index (χ0n) is 20.1. The number of aromatic nitrogens is 1. The Balaban J connectivity index is 3.13. The molecule has 0 radical (unpaired) electrons. The third-order valence-corrected chi connectivity index (χ3v) is 7.54. The van der Waals surface area contributed by atoms with Gasteiger partial charge in [0.2, 0.25) is 0 Å². The summed E-state index contributed by atoms with van der Waals surface area (Å²) >= 11 is 0. The second kappa shape index (κ2) is 9.41. The minimum absolute atomic E-state index is 0.180. The first-order valence-corrected chi connectivity index (χ1v) is 11.8. The van der Waals surface area contributed by atoms with Gasteiger partial charge in [-0.3, -0.25) is 4.98 Å². The molecule has 178 valence electrons. The Bertz CT molecular complexity index is 1070. The molecule has 0 aliphatic carbocycles. The number of carboxylic acids is 1. The van der Waals surface area contributed by atoms with Crippen molar-refractivity contribution in [3.8, 4) is 11.1 Å². The lowest BCUT2D eigenvalue weighted by Gasteiger charge is -2.36. The van der Waals surface area contributed by atoms with Crippen molar-refractivity contribution >= 4 is 14.0 Å². The Morgan fingerprint density at radius 1 is 1.21 bits per heavy atom. The molecule has 0 fully saturated rings. The molecule has 1 aromatic heterocycles. The highest BCUT2D eigenvalue weighted by atomic mass is 31.1. The molecule has 0 aliphatic rings. The zero-order valence-corrected chi connectivity index (χ0v) is 21.0. The standard InChI is InChI=1S/C25H31FNO5P/c1-9-25(22(28)29,33(31)32-8)24(7,30)20-18(16-10-12-17(26)13-11-16)14-19(23(4,5)6)27-21(20)15(2)3/h9-15,30H,1H2,2-8H3/p+1. The largest absolute Gasteiger partial charge is 0.534 e. The molecule has 6 nitrogen and oxygen atoms in total. The van der Waals surface area contributed by atoms with Gasteiger partial charge in [0.05, 0.1) is 12.8 Å². The maximum absolute atomic E-state index is 13.7. The summed E-state index contributed by atoms with van der Waals surface area (Å²) in [5, 5.41) is 19.8. The SMILES string of the molecule is C=CC(C(=O)O)([P+](=O)OC)C(C)(O)c1c(-c2ccc(F)cc2)cc(C(C)(C)C)nc1C(C)C. The fourth-order valence-electron chi connectivity index (χ4n) is 3.89. The van der Waals surface area contributed by atoms with E-state index in [0.717, 1.165) is 13.2 Å². The Hall–Kier alpha value is -2.47. The van der Waals surface area contributed by atoms with E-state index in [0.29, 0.717) is 22.5 Å². The average molecular weight is 477 g/mol. The van der Waals surface area contributed by atoms with Crippen LogP contribution in [0.4, 0.5) is 4.39 Å². The molecule has 3 unspecified atom stereocenters. The summed E-state index contributed by atoms with van der Waals surface area (Å²) in [5.41, 5.74) is -0.271. The summed E-state index contributed by atoms with van der Waals surface area (Å²) in [4.78, 5) is 17.3. The highest BCUT2D eigenvalue weighted by Crippen LogP contribution is 2.55.